The summed E-state index contributed by atoms with van der Waals surface area (Å²) in [4.78, 5) is 0. The van der Waals surface area contributed by atoms with Crippen LogP contribution >= 0.6 is 0 Å². The van der Waals surface area contributed by atoms with Crippen molar-refractivity contribution >= 4 is 0 Å². The SMILES string of the molecule is CN1CCCCCCCCCC(C)(C)N(C)N(C)N1C. The molecule has 1 saturated heterocycles. The van der Waals surface area contributed by atoms with E-state index < -0.39 is 0 Å². The van der Waals surface area contributed by atoms with Gasteiger partial charge in [0, 0.05) is 40.3 Å². The summed E-state index contributed by atoms with van der Waals surface area (Å²) in [6.45, 7) is 5.83. The monoisotopic (exact) mass is 284 g/mol. The Hall–Kier alpha value is -0.160. The van der Waals surface area contributed by atoms with E-state index in [1.165, 1.54) is 51.4 Å². The lowest BCUT2D eigenvalue weighted by molar-refractivity contribution is -0.261. The molecule has 4 heteroatoms. The second-order valence-electron chi connectivity index (χ2n) is 6.92. The normalized spacial score (nSPS) is 27.3. The zero-order valence-corrected chi connectivity index (χ0v) is 14.7. The minimum absolute atomic E-state index is 0.202. The molecule has 0 radical (unpaired) electrons. The van der Waals surface area contributed by atoms with Crippen molar-refractivity contribution in [1.82, 2.24) is 20.3 Å². The van der Waals surface area contributed by atoms with Crippen LogP contribution in [-0.2, 0) is 0 Å². The van der Waals surface area contributed by atoms with Crippen LogP contribution in [0.4, 0.5) is 0 Å². The van der Waals surface area contributed by atoms with Gasteiger partial charge in [0.05, 0.1) is 0 Å². The summed E-state index contributed by atoms with van der Waals surface area (Å²) in [6, 6.07) is 0. The van der Waals surface area contributed by atoms with Crippen molar-refractivity contribution in [1.29, 1.82) is 0 Å². The van der Waals surface area contributed by atoms with E-state index in [0.717, 1.165) is 6.54 Å². The molecule has 1 aliphatic heterocycles. The lowest BCUT2D eigenvalue weighted by Crippen LogP contribution is -2.59. The Morgan fingerprint density at radius 2 is 1.15 bits per heavy atom. The Labute approximate surface area is 126 Å². The Balaban J connectivity index is 2.69. The quantitative estimate of drug-likeness (QED) is 0.676. The maximum atomic E-state index is 2.37. The molecule has 1 heterocycles. The molecule has 0 aromatic rings. The van der Waals surface area contributed by atoms with Crippen LogP contribution in [0.3, 0.4) is 0 Å². The first-order valence-corrected chi connectivity index (χ1v) is 8.28. The minimum Gasteiger partial charge on any atom is -0.230 e. The van der Waals surface area contributed by atoms with Crippen LogP contribution in [0.1, 0.15) is 65.2 Å². The molecule has 0 atom stereocenters. The van der Waals surface area contributed by atoms with Gasteiger partial charge in [-0.25, -0.2) is 10.0 Å². The number of hydrogen-bond acceptors (Lipinski definition) is 4. The van der Waals surface area contributed by atoms with Crippen LogP contribution in [-0.4, -0.2) is 60.5 Å². The van der Waals surface area contributed by atoms with Gasteiger partial charge in [-0.15, -0.1) is 0 Å². The first kappa shape index (κ1) is 17.9. The average molecular weight is 284 g/mol. The molecule has 20 heavy (non-hydrogen) atoms. The number of rotatable bonds is 0. The van der Waals surface area contributed by atoms with E-state index in [1.54, 1.807) is 0 Å². The lowest BCUT2D eigenvalue weighted by Gasteiger charge is -2.47. The molecule has 0 aromatic heterocycles. The Kier molecular flexibility index (Phi) is 7.45. The molecule has 0 bridgehead atoms. The molecule has 0 saturated carbocycles. The second-order valence-corrected chi connectivity index (χ2v) is 6.92. The van der Waals surface area contributed by atoms with Crippen molar-refractivity contribution < 1.29 is 0 Å². The molecule has 0 amide bonds. The van der Waals surface area contributed by atoms with Crippen LogP contribution in [0.15, 0.2) is 0 Å². The van der Waals surface area contributed by atoms with Gasteiger partial charge >= 0.3 is 0 Å². The van der Waals surface area contributed by atoms with Gasteiger partial charge in [0.1, 0.15) is 0 Å². The van der Waals surface area contributed by atoms with Crippen molar-refractivity contribution in [2.45, 2.75) is 70.8 Å². The van der Waals surface area contributed by atoms with Crippen molar-refractivity contribution in [2.75, 3.05) is 34.7 Å². The molecule has 0 spiro atoms. The predicted molar refractivity (Wildman–Crippen MR) is 86.9 cm³/mol. The summed E-state index contributed by atoms with van der Waals surface area (Å²) in [5, 5.41) is 9.16. The number of nitrogens with zero attached hydrogens (tertiary/aromatic N) is 4. The Morgan fingerprint density at radius 1 is 0.650 bits per heavy atom. The number of hydrazine groups is 3. The summed E-state index contributed by atoms with van der Waals surface area (Å²) < 4.78 is 0. The highest BCUT2D eigenvalue weighted by atomic mass is 16.0. The molecule has 0 aromatic carbocycles. The summed E-state index contributed by atoms with van der Waals surface area (Å²) in [5.74, 6) is 0. The van der Waals surface area contributed by atoms with Crippen LogP contribution < -0.4 is 0 Å². The van der Waals surface area contributed by atoms with Gasteiger partial charge in [0.15, 0.2) is 0 Å². The largest absolute Gasteiger partial charge is 0.230 e. The highest BCUT2D eigenvalue weighted by Gasteiger charge is 2.28. The van der Waals surface area contributed by atoms with Gasteiger partial charge in [0.2, 0.25) is 0 Å². The highest BCUT2D eigenvalue weighted by molar-refractivity contribution is 4.77. The van der Waals surface area contributed by atoms with E-state index in [4.69, 9.17) is 0 Å². The van der Waals surface area contributed by atoms with E-state index in [-0.39, 0.29) is 5.54 Å². The Morgan fingerprint density at radius 3 is 1.75 bits per heavy atom. The number of hydrogen-bond donors (Lipinski definition) is 0. The fraction of sp³-hybridized carbons (Fsp3) is 1.00. The van der Waals surface area contributed by atoms with Gasteiger partial charge in [-0.2, -0.15) is 10.2 Å². The smallest absolute Gasteiger partial charge is 0.0311 e. The van der Waals surface area contributed by atoms with Gasteiger partial charge in [-0.3, -0.25) is 0 Å². The molecular weight excluding hydrogens is 248 g/mol. The van der Waals surface area contributed by atoms with Crippen LogP contribution in [0.25, 0.3) is 0 Å². The van der Waals surface area contributed by atoms with Gasteiger partial charge in [-0.05, 0) is 26.7 Å². The molecule has 1 rings (SSSR count). The van der Waals surface area contributed by atoms with Crippen molar-refractivity contribution in [2.24, 2.45) is 0 Å². The molecule has 1 aliphatic rings. The van der Waals surface area contributed by atoms with Gasteiger partial charge in [0.25, 0.3) is 0 Å². The summed E-state index contributed by atoms with van der Waals surface area (Å²) in [5.41, 5.74) is 0.202. The molecule has 4 nitrogen and oxygen atoms in total. The van der Waals surface area contributed by atoms with Crippen LogP contribution in [0.5, 0.6) is 0 Å². The van der Waals surface area contributed by atoms with Crippen molar-refractivity contribution in [3.63, 3.8) is 0 Å². The van der Waals surface area contributed by atoms with Gasteiger partial charge < -0.3 is 0 Å². The fourth-order valence-electron chi connectivity index (χ4n) is 2.90. The van der Waals surface area contributed by atoms with E-state index in [9.17, 15) is 0 Å². The zero-order chi connectivity index (χ0) is 15.2. The molecular formula is C16H36N4. The third-order valence-electron chi connectivity index (χ3n) is 4.99. The average Bonchev–Trinajstić information content (AvgIpc) is 2.41. The summed E-state index contributed by atoms with van der Waals surface area (Å²) in [7, 11) is 8.70. The van der Waals surface area contributed by atoms with Crippen molar-refractivity contribution in [3.8, 4) is 0 Å². The van der Waals surface area contributed by atoms with Gasteiger partial charge in [-0.1, -0.05) is 38.5 Å². The van der Waals surface area contributed by atoms with E-state index in [0.29, 0.717) is 0 Å². The molecule has 0 N–H and O–H groups in total. The highest BCUT2D eigenvalue weighted by Crippen LogP contribution is 2.23. The minimum atomic E-state index is 0.202. The first-order chi connectivity index (χ1) is 9.36. The zero-order valence-electron chi connectivity index (χ0n) is 14.7. The fourth-order valence-corrected chi connectivity index (χ4v) is 2.90. The topological polar surface area (TPSA) is 13.0 Å². The summed E-state index contributed by atoms with van der Waals surface area (Å²) >= 11 is 0. The summed E-state index contributed by atoms with van der Waals surface area (Å²) in [6.07, 6.45) is 10.9. The van der Waals surface area contributed by atoms with Crippen LogP contribution in [0, 0.1) is 0 Å². The van der Waals surface area contributed by atoms with Crippen LogP contribution in [0.2, 0.25) is 0 Å². The third kappa shape index (κ3) is 5.32. The molecule has 0 unspecified atom stereocenters. The standard InChI is InChI=1S/C16H36N4/c1-16(2)14-12-10-8-7-9-11-13-15-17(3)19(5)20(6)18(16)4/h7-15H2,1-6H3. The predicted octanol–water partition coefficient (Wildman–Crippen LogP) is 3.37. The van der Waals surface area contributed by atoms with E-state index >= 15 is 0 Å². The molecule has 1 fully saturated rings. The third-order valence-corrected chi connectivity index (χ3v) is 4.99. The first-order valence-electron chi connectivity index (χ1n) is 8.28. The van der Waals surface area contributed by atoms with E-state index in [1.807, 2.05) is 0 Å². The van der Waals surface area contributed by atoms with E-state index in [2.05, 4.69) is 62.3 Å². The molecule has 120 valence electrons. The van der Waals surface area contributed by atoms with Crippen molar-refractivity contribution in [3.05, 3.63) is 0 Å². The second kappa shape index (κ2) is 8.32. The maximum Gasteiger partial charge on any atom is 0.0311 e. The lowest BCUT2D eigenvalue weighted by atomic mass is 9.95. The molecule has 0 aliphatic carbocycles. The maximum absolute atomic E-state index is 2.37. The Bertz CT molecular complexity index is 267.